The van der Waals surface area contributed by atoms with Gasteiger partial charge in [-0.2, -0.15) is 0 Å². The highest BCUT2D eigenvalue weighted by Crippen LogP contribution is 2.22. The molecular formula is C21H27N3O2S. The summed E-state index contributed by atoms with van der Waals surface area (Å²) in [6.45, 7) is 9.02. The van der Waals surface area contributed by atoms with Crippen molar-refractivity contribution in [1.82, 2.24) is 9.80 Å². The van der Waals surface area contributed by atoms with Crippen LogP contribution in [0.5, 0.6) is 0 Å². The highest BCUT2D eigenvalue weighted by Gasteiger charge is 2.27. The molecule has 0 aliphatic carbocycles. The summed E-state index contributed by atoms with van der Waals surface area (Å²) < 4.78 is 0. The lowest BCUT2D eigenvalue weighted by atomic mass is 10.1. The Morgan fingerprint density at radius 1 is 1.04 bits per heavy atom. The van der Waals surface area contributed by atoms with Crippen molar-refractivity contribution >= 4 is 28.8 Å². The van der Waals surface area contributed by atoms with Crippen molar-refractivity contribution in [1.29, 1.82) is 0 Å². The van der Waals surface area contributed by atoms with Crippen molar-refractivity contribution in [3.8, 4) is 0 Å². The molecule has 1 aliphatic rings. The third-order valence-electron chi connectivity index (χ3n) is 5.01. The van der Waals surface area contributed by atoms with Crippen molar-refractivity contribution in [3.05, 3.63) is 52.2 Å². The number of carbonyl (C=O) groups is 2. The van der Waals surface area contributed by atoms with E-state index in [9.17, 15) is 9.59 Å². The minimum Gasteiger partial charge on any atom is -0.360 e. The summed E-state index contributed by atoms with van der Waals surface area (Å²) in [5.41, 5.74) is 2.28. The molecule has 5 nitrogen and oxygen atoms in total. The minimum atomic E-state index is 0.0702. The Bertz CT molecular complexity index is 780. The number of nitrogens with zero attached hydrogens (tertiary/aromatic N) is 3. The van der Waals surface area contributed by atoms with Gasteiger partial charge in [0.25, 0.3) is 5.91 Å². The lowest BCUT2D eigenvalue weighted by Crippen LogP contribution is -2.53. The Morgan fingerprint density at radius 3 is 2.30 bits per heavy atom. The first kappa shape index (κ1) is 19.4. The number of carbonyl (C=O) groups excluding carboxylic acids is 2. The molecule has 0 spiro atoms. The second-order valence-corrected chi connectivity index (χ2v) is 8.11. The van der Waals surface area contributed by atoms with Gasteiger partial charge in [0.1, 0.15) is 0 Å². The molecule has 1 aromatic heterocycles. The topological polar surface area (TPSA) is 43.9 Å². The van der Waals surface area contributed by atoms with Gasteiger partial charge < -0.3 is 14.7 Å². The van der Waals surface area contributed by atoms with Gasteiger partial charge in [0.15, 0.2) is 0 Å². The van der Waals surface area contributed by atoms with Crippen molar-refractivity contribution in [3.63, 3.8) is 0 Å². The first-order valence-corrected chi connectivity index (χ1v) is 10.3. The molecule has 0 radical (unpaired) electrons. The van der Waals surface area contributed by atoms with E-state index >= 15 is 0 Å². The van der Waals surface area contributed by atoms with E-state index in [-0.39, 0.29) is 17.9 Å². The van der Waals surface area contributed by atoms with Gasteiger partial charge in [0.2, 0.25) is 5.91 Å². The summed E-state index contributed by atoms with van der Waals surface area (Å²) in [6, 6.07) is 12.2. The SMILES string of the molecule is Cc1ccccc1N(CC(=O)N1CCN(C(=O)c2cccs2)CC1)C(C)C. The predicted molar refractivity (Wildman–Crippen MR) is 110 cm³/mol. The minimum absolute atomic E-state index is 0.0702. The molecule has 0 N–H and O–H groups in total. The number of amides is 2. The molecule has 1 aliphatic heterocycles. The zero-order chi connectivity index (χ0) is 19.4. The number of hydrogen-bond donors (Lipinski definition) is 0. The van der Waals surface area contributed by atoms with Crippen LogP contribution in [0.2, 0.25) is 0 Å². The normalized spacial score (nSPS) is 14.5. The maximum Gasteiger partial charge on any atom is 0.264 e. The fraction of sp³-hybridized carbons (Fsp3) is 0.429. The smallest absolute Gasteiger partial charge is 0.264 e. The van der Waals surface area contributed by atoms with E-state index in [1.54, 1.807) is 0 Å². The van der Waals surface area contributed by atoms with Gasteiger partial charge in [0, 0.05) is 37.9 Å². The van der Waals surface area contributed by atoms with E-state index in [4.69, 9.17) is 0 Å². The van der Waals surface area contributed by atoms with E-state index < -0.39 is 0 Å². The molecule has 0 atom stereocenters. The Kier molecular flexibility index (Phi) is 6.16. The number of thiophene rings is 1. The second-order valence-electron chi connectivity index (χ2n) is 7.16. The van der Waals surface area contributed by atoms with Gasteiger partial charge >= 0.3 is 0 Å². The molecule has 1 aromatic carbocycles. The Labute approximate surface area is 165 Å². The van der Waals surface area contributed by atoms with Crippen LogP contribution in [0, 0.1) is 6.92 Å². The monoisotopic (exact) mass is 385 g/mol. The largest absolute Gasteiger partial charge is 0.360 e. The average molecular weight is 386 g/mol. The molecule has 6 heteroatoms. The molecular weight excluding hydrogens is 358 g/mol. The number of rotatable bonds is 5. The van der Waals surface area contributed by atoms with Gasteiger partial charge in [-0.05, 0) is 43.8 Å². The van der Waals surface area contributed by atoms with Gasteiger partial charge in [-0.15, -0.1) is 11.3 Å². The number of para-hydroxylation sites is 1. The standard InChI is InChI=1S/C21H27N3O2S/c1-16(2)24(18-8-5-4-7-17(18)3)15-20(25)22-10-12-23(13-11-22)21(26)19-9-6-14-27-19/h4-9,14,16H,10-13,15H2,1-3H3. The van der Waals surface area contributed by atoms with Crippen molar-refractivity contribution in [2.24, 2.45) is 0 Å². The zero-order valence-electron chi connectivity index (χ0n) is 16.2. The van der Waals surface area contributed by atoms with Crippen molar-refractivity contribution < 1.29 is 9.59 Å². The molecule has 0 unspecified atom stereocenters. The summed E-state index contributed by atoms with van der Waals surface area (Å²) in [6.07, 6.45) is 0. The fourth-order valence-electron chi connectivity index (χ4n) is 3.39. The van der Waals surface area contributed by atoms with Crippen LogP contribution < -0.4 is 4.90 Å². The van der Waals surface area contributed by atoms with E-state index in [1.807, 2.05) is 39.4 Å². The number of benzene rings is 1. The molecule has 2 heterocycles. The van der Waals surface area contributed by atoms with E-state index in [1.165, 1.54) is 16.9 Å². The van der Waals surface area contributed by atoms with E-state index in [0.29, 0.717) is 32.7 Å². The first-order valence-electron chi connectivity index (χ1n) is 9.40. The van der Waals surface area contributed by atoms with Crippen LogP contribution in [-0.4, -0.2) is 60.4 Å². The van der Waals surface area contributed by atoms with Crippen LogP contribution in [-0.2, 0) is 4.79 Å². The maximum absolute atomic E-state index is 12.9. The Morgan fingerprint density at radius 2 is 1.70 bits per heavy atom. The second kappa shape index (κ2) is 8.57. The number of anilines is 1. The molecule has 2 amide bonds. The van der Waals surface area contributed by atoms with Gasteiger partial charge in [-0.25, -0.2) is 0 Å². The summed E-state index contributed by atoms with van der Waals surface area (Å²) in [7, 11) is 0. The molecule has 0 saturated carbocycles. The van der Waals surface area contributed by atoms with E-state index in [0.717, 1.165) is 10.6 Å². The number of aryl methyl sites for hydroxylation is 1. The average Bonchev–Trinajstić information content (AvgIpc) is 3.21. The first-order chi connectivity index (χ1) is 13.0. The Balaban J connectivity index is 1.60. The lowest BCUT2D eigenvalue weighted by molar-refractivity contribution is -0.131. The quantitative estimate of drug-likeness (QED) is 0.794. The number of hydrogen-bond acceptors (Lipinski definition) is 4. The molecule has 1 saturated heterocycles. The number of piperazine rings is 1. The summed E-state index contributed by atoms with van der Waals surface area (Å²) in [5.74, 6) is 0.191. The predicted octanol–water partition coefficient (Wildman–Crippen LogP) is 3.26. The maximum atomic E-state index is 12.9. The van der Waals surface area contributed by atoms with Crippen molar-refractivity contribution in [2.45, 2.75) is 26.8 Å². The van der Waals surface area contributed by atoms with Crippen LogP contribution in [0.15, 0.2) is 41.8 Å². The highest BCUT2D eigenvalue weighted by molar-refractivity contribution is 7.12. The Hall–Kier alpha value is -2.34. The van der Waals surface area contributed by atoms with Crippen LogP contribution in [0.25, 0.3) is 0 Å². The molecule has 1 fully saturated rings. The van der Waals surface area contributed by atoms with Crippen LogP contribution >= 0.6 is 11.3 Å². The van der Waals surface area contributed by atoms with E-state index in [2.05, 4.69) is 37.8 Å². The van der Waals surface area contributed by atoms with Crippen LogP contribution in [0.3, 0.4) is 0 Å². The molecule has 27 heavy (non-hydrogen) atoms. The molecule has 144 valence electrons. The highest BCUT2D eigenvalue weighted by atomic mass is 32.1. The summed E-state index contributed by atoms with van der Waals surface area (Å²) in [4.78, 5) is 32.0. The van der Waals surface area contributed by atoms with Crippen LogP contribution in [0.4, 0.5) is 5.69 Å². The van der Waals surface area contributed by atoms with Gasteiger partial charge in [0.05, 0.1) is 11.4 Å². The van der Waals surface area contributed by atoms with Crippen LogP contribution in [0.1, 0.15) is 29.1 Å². The fourth-order valence-corrected chi connectivity index (χ4v) is 4.08. The summed E-state index contributed by atoms with van der Waals surface area (Å²) in [5, 5.41) is 1.92. The molecule has 0 bridgehead atoms. The third-order valence-corrected chi connectivity index (χ3v) is 5.86. The summed E-state index contributed by atoms with van der Waals surface area (Å²) >= 11 is 1.46. The van der Waals surface area contributed by atoms with Gasteiger partial charge in [-0.1, -0.05) is 24.3 Å². The third kappa shape index (κ3) is 4.50. The van der Waals surface area contributed by atoms with Gasteiger partial charge in [-0.3, -0.25) is 9.59 Å². The zero-order valence-corrected chi connectivity index (χ0v) is 17.0. The van der Waals surface area contributed by atoms with Crippen molar-refractivity contribution in [2.75, 3.05) is 37.6 Å². The lowest BCUT2D eigenvalue weighted by Gasteiger charge is -2.37. The molecule has 2 aromatic rings. The molecule has 3 rings (SSSR count).